The standard InChI is InChI=1S/C27H30FN3O4/c1-6-30-23-14-22(28)17(12-20(23)16(3)15-27(30,4)5)13-21-24(32)29-26(34)31(25(21)33)18-8-10-19(11-9-18)35-7-2/h8-14,16H,6-7,15H2,1-5H3,(H,29,32,34)/b21-13-. The Hall–Kier alpha value is -3.68. The third kappa shape index (κ3) is 4.40. The van der Waals surface area contributed by atoms with Gasteiger partial charge in [0.25, 0.3) is 11.8 Å². The first-order valence-corrected chi connectivity index (χ1v) is 11.8. The van der Waals surface area contributed by atoms with Crippen LogP contribution in [0.2, 0.25) is 0 Å². The number of hydrogen-bond acceptors (Lipinski definition) is 5. The van der Waals surface area contributed by atoms with Crippen LogP contribution in [-0.2, 0) is 9.59 Å². The van der Waals surface area contributed by atoms with Gasteiger partial charge in [-0.15, -0.1) is 0 Å². The van der Waals surface area contributed by atoms with Crippen molar-refractivity contribution in [2.45, 2.75) is 52.5 Å². The molecule has 0 bridgehead atoms. The molecule has 8 heteroatoms. The summed E-state index contributed by atoms with van der Waals surface area (Å²) in [4.78, 5) is 41.3. The Morgan fingerprint density at radius 3 is 2.46 bits per heavy atom. The summed E-state index contributed by atoms with van der Waals surface area (Å²) in [5.74, 6) is -1.46. The van der Waals surface area contributed by atoms with E-state index in [2.05, 4.69) is 31.0 Å². The molecule has 0 radical (unpaired) electrons. The number of benzene rings is 2. The van der Waals surface area contributed by atoms with Crippen LogP contribution in [0.25, 0.3) is 6.08 Å². The minimum absolute atomic E-state index is 0.120. The predicted octanol–water partition coefficient (Wildman–Crippen LogP) is 5.00. The molecule has 0 aliphatic carbocycles. The second-order valence-corrected chi connectivity index (χ2v) is 9.48. The van der Waals surface area contributed by atoms with E-state index in [4.69, 9.17) is 4.74 Å². The van der Waals surface area contributed by atoms with Crippen LogP contribution in [0.15, 0.2) is 42.0 Å². The van der Waals surface area contributed by atoms with E-state index in [1.165, 1.54) is 12.1 Å². The quantitative estimate of drug-likeness (QED) is 0.482. The minimum atomic E-state index is -0.860. The Balaban J connectivity index is 1.73. The number of urea groups is 1. The zero-order valence-electron chi connectivity index (χ0n) is 20.6. The fourth-order valence-electron chi connectivity index (χ4n) is 5.14. The van der Waals surface area contributed by atoms with Crippen molar-refractivity contribution in [3.63, 3.8) is 0 Å². The molecule has 1 atom stereocenters. The number of barbiturate groups is 1. The van der Waals surface area contributed by atoms with Crippen molar-refractivity contribution in [2.75, 3.05) is 23.0 Å². The number of nitrogens with one attached hydrogen (secondary N) is 1. The van der Waals surface area contributed by atoms with Crippen molar-refractivity contribution >= 4 is 35.3 Å². The lowest BCUT2D eigenvalue weighted by molar-refractivity contribution is -0.122. The molecular weight excluding hydrogens is 449 g/mol. The second kappa shape index (κ2) is 9.17. The molecule has 0 saturated carbocycles. The van der Waals surface area contributed by atoms with E-state index in [0.29, 0.717) is 12.4 Å². The number of nitrogens with zero attached hydrogens (tertiary/aromatic N) is 2. The number of halogens is 1. The highest BCUT2D eigenvalue weighted by Gasteiger charge is 2.38. The molecule has 1 saturated heterocycles. The van der Waals surface area contributed by atoms with Gasteiger partial charge in [0, 0.05) is 23.3 Å². The van der Waals surface area contributed by atoms with Gasteiger partial charge in [0.05, 0.1) is 12.3 Å². The van der Waals surface area contributed by atoms with Crippen molar-refractivity contribution < 1.29 is 23.5 Å². The lowest BCUT2D eigenvalue weighted by Crippen LogP contribution is -2.54. The molecule has 4 rings (SSSR count). The zero-order chi connectivity index (χ0) is 25.5. The SMILES string of the molecule is CCOc1ccc(N2C(=O)NC(=O)/C(=C/c3cc4c(cc3F)N(CC)C(C)(C)CC4C)C2=O)cc1. The number of hydrogen-bond donors (Lipinski definition) is 1. The number of imide groups is 2. The summed E-state index contributed by atoms with van der Waals surface area (Å²) in [5.41, 5.74) is 1.75. The molecular formula is C27H30FN3O4. The van der Waals surface area contributed by atoms with Gasteiger partial charge in [-0.3, -0.25) is 14.9 Å². The van der Waals surface area contributed by atoms with Gasteiger partial charge < -0.3 is 9.64 Å². The Labute approximate surface area is 204 Å². The smallest absolute Gasteiger partial charge is 0.335 e. The van der Waals surface area contributed by atoms with E-state index < -0.39 is 23.7 Å². The second-order valence-electron chi connectivity index (χ2n) is 9.48. The van der Waals surface area contributed by atoms with Crippen LogP contribution < -0.4 is 19.9 Å². The van der Waals surface area contributed by atoms with Crippen molar-refractivity contribution in [3.8, 4) is 5.75 Å². The molecule has 35 heavy (non-hydrogen) atoms. The monoisotopic (exact) mass is 479 g/mol. The first-order valence-electron chi connectivity index (χ1n) is 11.8. The van der Waals surface area contributed by atoms with Gasteiger partial charge in [-0.2, -0.15) is 0 Å². The molecule has 2 heterocycles. The van der Waals surface area contributed by atoms with E-state index in [1.54, 1.807) is 30.3 Å². The normalized spacial score (nSPS) is 20.7. The lowest BCUT2D eigenvalue weighted by atomic mass is 9.79. The van der Waals surface area contributed by atoms with Crippen LogP contribution in [-0.4, -0.2) is 36.5 Å². The lowest BCUT2D eigenvalue weighted by Gasteiger charge is -2.47. The van der Waals surface area contributed by atoms with Crippen LogP contribution in [0.5, 0.6) is 5.75 Å². The number of anilines is 2. The van der Waals surface area contributed by atoms with Crippen molar-refractivity contribution in [1.29, 1.82) is 0 Å². The maximum Gasteiger partial charge on any atom is 0.335 e. The van der Waals surface area contributed by atoms with E-state index >= 15 is 4.39 Å². The molecule has 1 fully saturated rings. The molecule has 4 amide bonds. The number of carbonyl (C=O) groups is 3. The van der Waals surface area contributed by atoms with Crippen molar-refractivity contribution in [3.05, 3.63) is 58.9 Å². The molecule has 0 spiro atoms. The zero-order valence-corrected chi connectivity index (χ0v) is 20.6. The first-order chi connectivity index (χ1) is 16.6. The van der Waals surface area contributed by atoms with Crippen LogP contribution in [0, 0.1) is 5.82 Å². The van der Waals surface area contributed by atoms with Gasteiger partial charge in [0.15, 0.2) is 0 Å². The molecule has 184 valence electrons. The van der Waals surface area contributed by atoms with Gasteiger partial charge in [-0.25, -0.2) is 14.1 Å². The Morgan fingerprint density at radius 1 is 1.14 bits per heavy atom. The number of fused-ring (bicyclic) bond motifs is 1. The van der Waals surface area contributed by atoms with Crippen LogP contribution in [0.1, 0.15) is 58.1 Å². The fourth-order valence-corrected chi connectivity index (χ4v) is 5.14. The Morgan fingerprint density at radius 2 is 1.83 bits per heavy atom. The number of rotatable bonds is 5. The van der Waals surface area contributed by atoms with E-state index in [9.17, 15) is 14.4 Å². The molecule has 2 aliphatic rings. The van der Waals surface area contributed by atoms with Crippen LogP contribution in [0.4, 0.5) is 20.6 Å². The molecule has 2 aromatic rings. The number of carbonyl (C=O) groups excluding carboxylic acids is 3. The molecule has 1 unspecified atom stereocenters. The van der Waals surface area contributed by atoms with Gasteiger partial charge in [0.2, 0.25) is 0 Å². The summed E-state index contributed by atoms with van der Waals surface area (Å²) in [7, 11) is 0. The first kappa shape index (κ1) is 24.4. The predicted molar refractivity (Wildman–Crippen MR) is 133 cm³/mol. The average Bonchev–Trinajstić information content (AvgIpc) is 2.78. The largest absolute Gasteiger partial charge is 0.494 e. The third-order valence-corrected chi connectivity index (χ3v) is 6.63. The summed E-state index contributed by atoms with van der Waals surface area (Å²) in [6.45, 7) is 11.5. The molecule has 7 nitrogen and oxygen atoms in total. The summed E-state index contributed by atoms with van der Waals surface area (Å²) >= 11 is 0. The van der Waals surface area contributed by atoms with Crippen LogP contribution >= 0.6 is 0 Å². The van der Waals surface area contributed by atoms with Crippen molar-refractivity contribution in [2.24, 2.45) is 0 Å². The van der Waals surface area contributed by atoms with Gasteiger partial charge in [-0.1, -0.05) is 6.92 Å². The summed E-state index contributed by atoms with van der Waals surface area (Å²) in [5, 5.41) is 2.18. The summed E-state index contributed by atoms with van der Waals surface area (Å²) < 4.78 is 20.7. The van der Waals surface area contributed by atoms with Gasteiger partial charge in [-0.05, 0) is 88.1 Å². The van der Waals surface area contributed by atoms with Gasteiger partial charge in [0.1, 0.15) is 17.1 Å². The molecule has 2 aliphatic heterocycles. The fraction of sp³-hybridized carbons (Fsp3) is 0.370. The van der Waals surface area contributed by atoms with E-state index in [-0.39, 0.29) is 28.3 Å². The van der Waals surface area contributed by atoms with E-state index in [1.807, 2.05) is 13.8 Å². The highest BCUT2D eigenvalue weighted by atomic mass is 19.1. The summed E-state index contributed by atoms with van der Waals surface area (Å²) in [6.07, 6.45) is 2.11. The Kier molecular flexibility index (Phi) is 6.40. The highest BCUT2D eigenvalue weighted by Crippen LogP contribution is 2.44. The van der Waals surface area contributed by atoms with Crippen molar-refractivity contribution in [1.82, 2.24) is 5.32 Å². The summed E-state index contributed by atoms with van der Waals surface area (Å²) in [6, 6.07) is 8.69. The third-order valence-electron chi connectivity index (χ3n) is 6.63. The van der Waals surface area contributed by atoms with Crippen LogP contribution in [0.3, 0.4) is 0 Å². The Bertz CT molecular complexity index is 1220. The maximum atomic E-state index is 15.3. The molecule has 2 aromatic carbocycles. The highest BCUT2D eigenvalue weighted by molar-refractivity contribution is 6.39. The molecule has 1 N–H and O–H groups in total. The minimum Gasteiger partial charge on any atom is -0.494 e. The van der Waals surface area contributed by atoms with Gasteiger partial charge >= 0.3 is 6.03 Å². The number of amides is 4. The molecule has 0 aromatic heterocycles. The average molecular weight is 480 g/mol. The topological polar surface area (TPSA) is 79.0 Å². The number of ether oxygens (including phenoxy) is 1. The maximum absolute atomic E-state index is 15.3. The van der Waals surface area contributed by atoms with E-state index in [0.717, 1.165) is 29.1 Å².